The van der Waals surface area contributed by atoms with Gasteiger partial charge in [0.2, 0.25) is 0 Å². The van der Waals surface area contributed by atoms with Gasteiger partial charge in [0.05, 0.1) is 6.61 Å². The van der Waals surface area contributed by atoms with Crippen LogP contribution in [0.5, 0.6) is 0 Å². The number of aromatic nitrogens is 2. The predicted octanol–water partition coefficient (Wildman–Crippen LogP) is 0.779. The molecule has 0 atom stereocenters. The molecule has 3 N–H and O–H groups in total. The summed E-state index contributed by atoms with van der Waals surface area (Å²) in [5.74, 6) is 0.581. The zero-order chi connectivity index (χ0) is 15.9. The minimum absolute atomic E-state index is 0.0523. The molecule has 0 amide bonds. The summed E-state index contributed by atoms with van der Waals surface area (Å²) in [5.41, 5.74) is 1.41. The predicted molar refractivity (Wildman–Crippen MR) is 81.6 cm³/mol. The molecule has 122 valence electrons. The van der Waals surface area contributed by atoms with Crippen LogP contribution in [0.1, 0.15) is 31.5 Å². The minimum atomic E-state index is -3.61. The van der Waals surface area contributed by atoms with Crippen LogP contribution in [0.3, 0.4) is 0 Å². The smallest absolute Gasteiger partial charge is 0.260 e. The SMILES string of the molecule is CNCc1c(S(=O)(=O)NCCOCCC(C)C)n[nH]c1C. The summed E-state index contributed by atoms with van der Waals surface area (Å²) in [6, 6.07) is 0. The van der Waals surface area contributed by atoms with E-state index in [0.717, 1.165) is 12.1 Å². The van der Waals surface area contributed by atoms with Gasteiger partial charge in [0.25, 0.3) is 10.0 Å². The summed E-state index contributed by atoms with van der Waals surface area (Å²) >= 11 is 0. The van der Waals surface area contributed by atoms with Crippen molar-refractivity contribution in [3.8, 4) is 0 Å². The van der Waals surface area contributed by atoms with Gasteiger partial charge < -0.3 is 10.1 Å². The van der Waals surface area contributed by atoms with Crippen LogP contribution in [-0.2, 0) is 21.3 Å². The Balaban J connectivity index is 2.50. The van der Waals surface area contributed by atoms with E-state index in [2.05, 4.69) is 34.1 Å². The fourth-order valence-electron chi connectivity index (χ4n) is 1.77. The minimum Gasteiger partial charge on any atom is -0.380 e. The van der Waals surface area contributed by atoms with Crippen molar-refractivity contribution in [1.82, 2.24) is 20.2 Å². The molecule has 7 nitrogen and oxygen atoms in total. The molecule has 1 aromatic heterocycles. The second-order valence-corrected chi connectivity index (χ2v) is 7.04. The van der Waals surface area contributed by atoms with Crippen molar-refractivity contribution in [1.29, 1.82) is 0 Å². The van der Waals surface area contributed by atoms with Crippen LogP contribution in [0, 0.1) is 12.8 Å². The van der Waals surface area contributed by atoms with Gasteiger partial charge in [-0.25, -0.2) is 13.1 Å². The number of ether oxygens (including phenoxy) is 1. The first-order chi connectivity index (χ1) is 9.88. The van der Waals surface area contributed by atoms with Crippen molar-refractivity contribution >= 4 is 10.0 Å². The van der Waals surface area contributed by atoms with Gasteiger partial charge in [0.1, 0.15) is 0 Å². The first-order valence-electron chi connectivity index (χ1n) is 7.14. The zero-order valence-corrected chi connectivity index (χ0v) is 14.0. The molecule has 0 spiro atoms. The lowest BCUT2D eigenvalue weighted by Gasteiger charge is -2.08. The van der Waals surface area contributed by atoms with Crippen LogP contribution in [0.15, 0.2) is 5.03 Å². The summed E-state index contributed by atoms with van der Waals surface area (Å²) in [4.78, 5) is 0. The molecule has 0 saturated carbocycles. The number of H-pyrrole nitrogens is 1. The number of sulfonamides is 1. The molecule has 1 heterocycles. The molecule has 0 radical (unpaired) electrons. The van der Waals surface area contributed by atoms with Crippen LogP contribution < -0.4 is 10.0 Å². The third-order valence-electron chi connectivity index (χ3n) is 3.02. The van der Waals surface area contributed by atoms with Crippen molar-refractivity contribution in [2.75, 3.05) is 26.8 Å². The Bertz CT molecular complexity index is 526. The first-order valence-corrected chi connectivity index (χ1v) is 8.62. The van der Waals surface area contributed by atoms with Crippen molar-refractivity contribution in [2.45, 2.75) is 38.8 Å². The highest BCUT2D eigenvalue weighted by Gasteiger charge is 2.22. The Morgan fingerprint density at radius 1 is 1.33 bits per heavy atom. The van der Waals surface area contributed by atoms with Crippen LogP contribution in [0.4, 0.5) is 0 Å². The van der Waals surface area contributed by atoms with Crippen molar-refractivity contribution < 1.29 is 13.2 Å². The number of nitrogens with one attached hydrogen (secondary N) is 3. The fourth-order valence-corrected chi connectivity index (χ4v) is 2.98. The van der Waals surface area contributed by atoms with E-state index in [1.54, 1.807) is 14.0 Å². The van der Waals surface area contributed by atoms with Gasteiger partial charge in [-0.05, 0) is 26.3 Å². The van der Waals surface area contributed by atoms with Gasteiger partial charge in [0, 0.05) is 31.0 Å². The fraction of sp³-hybridized carbons (Fsp3) is 0.769. The normalized spacial score (nSPS) is 12.2. The molecule has 0 aliphatic carbocycles. The molecule has 0 aliphatic heterocycles. The van der Waals surface area contributed by atoms with Crippen LogP contribution in [0.25, 0.3) is 0 Å². The van der Waals surface area contributed by atoms with Gasteiger partial charge in [-0.1, -0.05) is 13.8 Å². The van der Waals surface area contributed by atoms with E-state index in [4.69, 9.17) is 4.74 Å². The quantitative estimate of drug-likeness (QED) is 0.554. The van der Waals surface area contributed by atoms with Gasteiger partial charge in [0.15, 0.2) is 5.03 Å². The molecule has 0 unspecified atom stereocenters. The van der Waals surface area contributed by atoms with Crippen molar-refractivity contribution in [3.63, 3.8) is 0 Å². The van der Waals surface area contributed by atoms with Crippen LogP contribution in [0.2, 0.25) is 0 Å². The first kappa shape index (κ1) is 18.1. The number of nitrogens with zero attached hydrogens (tertiary/aromatic N) is 1. The highest BCUT2D eigenvalue weighted by atomic mass is 32.2. The maximum atomic E-state index is 12.2. The van der Waals surface area contributed by atoms with Gasteiger partial charge >= 0.3 is 0 Å². The summed E-state index contributed by atoms with van der Waals surface area (Å²) in [6.07, 6.45) is 0.970. The molecule has 1 aromatic rings. The summed E-state index contributed by atoms with van der Waals surface area (Å²) < 4.78 is 32.3. The van der Waals surface area contributed by atoms with E-state index < -0.39 is 10.0 Å². The molecule has 0 aromatic carbocycles. The lowest BCUT2D eigenvalue weighted by Crippen LogP contribution is -2.29. The maximum Gasteiger partial charge on any atom is 0.260 e. The Hall–Kier alpha value is -0.960. The molecular weight excluding hydrogens is 292 g/mol. The molecule has 0 saturated heterocycles. The van der Waals surface area contributed by atoms with E-state index in [1.165, 1.54) is 0 Å². The number of rotatable bonds is 10. The van der Waals surface area contributed by atoms with E-state index in [9.17, 15) is 8.42 Å². The largest absolute Gasteiger partial charge is 0.380 e. The van der Waals surface area contributed by atoms with E-state index in [0.29, 0.717) is 31.2 Å². The monoisotopic (exact) mass is 318 g/mol. The van der Waals surface area contributed by atoms with Gasteiger partial charge in [-0.15, -0.1) is 0 Å². The van der Waals surface area contributed by atoms with E-state index >= 15 is 0 Å². The second-order valence-electron chi connectivity index (χ2n) is 5.36. The second kappa shape index (κ2) is 8.47. The Morgan fingerprint density at radius 2 is 2.05 bits per heavy atom. The third kappa shape index (κ3) is 5.74. The zero-order valence-electron chi connectivity index (χ0n) is 13.2. The van der Waals surface area contributed by atoms with Gasteiger partial charge in [-0.3, -0.25) is 5.10 Å². The summed E-state index contributed by atoms with van der Waals surface area (Å²) in [7, 11) is -1.85. The molecular formula is C13H26N4O3S. The number of aryl methyl sites for hydroxylation is 1. The van der Waals surface area contributed by atoms with Gasteiger partial charge in [-0.2, -0.15) is 5.10 Å². The molecule has 0 bridgehead atoms. The lowest BCUT2D eigenvalue weighted by molar-refractivity contribution is 0.128. The molecule has 21 heavy (non-hydrogen) atoms. The van der Waals surface area contributed by atoms with Crippen molar-refractivity contribution in [2.24, 2.45) is 5.92 Å². The Kier molecular flexibility index (Phi) is 7.30. The highest BCUT2D eigenvalue weighted by molar-refractivity contribution is 7.89. The average molecular weight is 318 g/mol. The highest BCUT2D eigenvalue weighted by Crippen LogP contribution is 2.15. The number of hydrogen-bond acceptors (Lipinski definition) is 5. The maximum absolute atomic E-state index is 12.2. The van der Waals surface area contributed by atoms with Crippen LogP contribution in [-0.4, -0.2) is 45.4 Å². The topological polar surface area (TPSA) is 96.1 Å². The summed E-state index contributed by atoms with van der Waals surface area (Å²) in [6.45, 7) is 7.73. The van der Waals surface area contributed by atoms with Crippen molar-refractivity contribution in [3.05, 3.63) is 11.3 Å². The molecule has 0 aliphatic rings. The molecule has 0 fully saturated rings. The van der Waals surface area contributed by atoms with Crippen LogP contribution >= 0.6 is 0 Å². The standard InChI is InChI=1S/C13H26N4O3S/c1-10(2)5-7-20-8-6-15-21(18,19)13-12(9-14-4)11(3)16-17-13/h10,14-15H,5-9H2,1-4H3,(H,16,17). The number of hydrogen-bond donors (Lipinski definition) is 3. The van der Waals surface area contributed by atoms with E-state index in [-0.39, 0.29) is 11.6 Å². The van der Waals surface area contributed by atoms with E-state index in [1.807, 2.05) is 0 Å². The Labute approximate surface area is 126 Å². The number of aromatic amines is 1. The molecule has 1 rings (SSSR count). The Morgan fingerprint density at radius 3 is 2.67 bits per heavy atom. The lowest BCUT2D eigenvalue weighted by atomic mass is 10.1. The summed E-state index contributed by atoms with van der Waals surface area (Å²) in [5, 5.41) is 9.59. The third-order valence-corrected chi connectivity index (χ3v) is 4.45. The average Bonchev–Trinajstić information content (AvgIpc) is 2.76. The molecule has 8 heteroatoms.